The van der Waals surface area contributed by atoms with Crippen LogP contribution in [0.3, 0.4) is 0 Å². The number of aromatic nitrogens is 2. The number of hydrogen-bond donors (Lipinski definition) is 2. The standard InChI is InChI=1S/C22H22FN3O4/c1-11-8-25-9-12(5-14(25)7-24-11)18-17(23)6-15-19(21(18)30-2)26(13-3-4-13)10-16(20(15)27)22(28)29/h5-6,9-11,13,24H,3-4,7-8H2,1-2H3,(H,28,29)/t11-/m0/s1. The highest BCUT2D eigenvalue weighted by Crippen LogP contribution is 2.44. The summed E-state index contributed by atoms with van der Waals surface area (Å²) in [4.78, 5) is 24.4. The molecule has 0 bridgehead atoms. The molecule has 1 aliphatic carbocycles. The van der Waals surface area contributed by atoms with E-state index in [0.717, 1.165) is 31.1 Å². The third-order valence-corrected chi connectivity index (χ3v) is 5.97. The Morgan fingerprint density at radius 2 is 2.07 bits per heavy atom. The summed E-state index contributed by atoms with van der Waals surface area (Å²) in [5.41, 5.74) is 1.40. The highest BCUT2D eigenvalue weighted by molar-refractivity contribution is 5.98. The van der Waals surface area contributed by atoms with Gasteiger partial charge in [-0.3, -0.25) is 4.79 Å². The largest absolute Gasteiger partial charge is 0.494 e. The van der Waals surface area contributed by atoms with E-state index in [0.29, 0.717) is 23.7 Å². The third kappa shape index (κ3) is 2.82. The maximum atomic E-state index is 15.4. The van der Waals surface area contributed by atoms with Crippen LogP contribution in [0.5, 0.6) is 5.75 Å². The molecule has 0 unspecified atom stereocenters. The number of ether oxygens (including phenoxy) is 1. The van der Waals surface area contributed by atoms with Crippen molar-refractivity contribution in [1.29, 1.82) is 0 Å². The molecular weight excluding hydrogens is 389 g/mol. The molecule has 2 N–H and O–H groups in total. The number of pyridine rings is 1. The molecule has 0 saturated heterocycles. The van der Waals surface area contributed by atoms with Gasteiger partial charge in [0.1, 0.15) is 11.4 Å². The predicted molar refractivity (Wildman–Crippen MR) is 110 cm³/mol. The molecule has 1 saturated carbocycles. The Hall–Kier alpha value is -3.13. The van der Waals surface area contributed by atoms with E-state index in [-0.39, 0.29) is 28.3 Å². The topological polar surface area (TPSA) is 85.5 Å². The van der Waals surface area contributed by atoms with Crippen molar-refractivity contribution in [1.82, 2.24) is 14.5 Å². The van der Waals surface area contributed by atoms with Gasteiger partial charge in [0, 0.05) is 48.8 Å². The smallest absolute Gasteiger partial charge is 0.341 e. The molecule has 2 aromatic heterocycles. The first kappa shape index (κ1) is 18.9. The Kier molecular flexibility index (Phi) is 4.21. The average Bonchev–Trinajstić information content (AvgIpc) is 3.46. The lowest BCUT2D eigenvalue weighted by molar-refractivity contribution is 0.0695. The second kappa shape index (κ2) is 6.70. The van der Waals surface area contributed by atoms with E-state index in [9.17, 15) is 14.7 Å². The number of rotatable bonds is 4. The number of halogens is 1. The van der Waals surface area contributed by atoms with Gasteiger partial charge in [-0.05, 0) is 31.9 Å². The zero-order valence-corrected chi connectivity index (χ0v) is 16.7. The number of nitrogens with zero attached hydrogens (tertiary/aromatic N) is 2. The van der Waals surface area contributed by atoms with Crippen molar-refractivity contribution in [3.63, 3.8) is 0 Å². The van der Waals surface area contributed by atoms with E-state index < -0.39 is 17.2 Å². The minimum Gasteiger partial charge on any atom is -0.494 e. The van der Waals surface area contributed by atoms with Gasteiger partial charge in [0.25, 0.3) is 0 Å². The van der Waals surface area contributed by atoms with Gasteiger partial charge in [-0.25, -0.2) is 9.18 Å². The number of aromatic carboxylic acids is 1. The van der Waals surface area contributed by atoms with Crippen molar-refractivity contribution < 1.29 is 19.0 Å². The molecule has 0 amide bonds. The van der Waals surface area contributed by atoms with Crippen LogP contribution in [-0.4, -0.2) is 33.4 Å². The molecule has 2 aliphatic rings. The van der Waals surface area contributed by atoms with E-state index in [4.69, 9.17) is 4.74 Å². The van der Waals surface area contributed by atoms with Gasteiger partial charge in [0.15, 0.2) is 5.75 Å². The van der Waals surface area contributed by atoms with Gasteiger partial charge in [0.05, 0.1) is 23.6 Å². The molecule has 3 aromatic rings. The Bertz CT molecular complexity index is 1260. The molecule has 1 fully saturated rings. The lowest BCUT2D eigenvalue weighted by Gasteiger charge is -2.22. The summed E-state index contributed by atoms with van der Waals surface area (Å²) < 4.78 is 24.9. The molecule has 30 heavy (non-hydrogen) atoms. The molecule has 5 rings (SSSR count). The predicted octanol–water partition coefficient (Wildman–Crippen LogP) is 3.14. The minimum atomic E-state index is -1.32. The van der Waals surface area contributed by atoms with Gasteiger partial charge in [-0.15, -0.1) is 0 Å². The van der Waals surface area contributed by atoms with Crippen molar-refractivity contribution in [3.8, 4) is 16.9 Å². The monoisotopic (exact) mass is 411 g/mol. The van der Waals surface area contributed by atoms with Crippen LogP contribution in [0.2, 0.25) is 0 Å². The second-order valence-corrected chi connectivity index (χ2v) is 8.13. The lowest BCUT2D eigenvalue weighted by Crippen LogP contribution is -2.35. The molecular formula is C22H22FN3O4. The number of carbonyl (C=O) groups is 1. The summed E-state index contributed by atoms with van der Waals surface area (Å²) >= 11 is 0. The van der Waals surface area contributed by atoms with Crippen molar-refractivity contribution in [3.05, 3.63) is 51.8 Å². The number of carboxylic acid groups (broad SMARTS) is 1. The van der Waals surface area contributed by atoms with Crippen LogP contribution < -0.4 is 15.5 Å². The molecule has 156 valence electrons. The number of benzene rings is 1. The van der Waals surface area contributed by atoms with Crippen LogP contribution in [0.25, 0.3) is 22.0 Å². The van der Waals surface area contributed by atoms with Gasteiger partial charge < -0.3 is 24.3 Å². The number of nitrogens with one attached hydrogen (secondary N) is 1. The van der Waals surface area contributed by atoms with Crippen molar-refractivity contribution in [2.75, 3.05) is 7.11 Å². The quantitative estimate of drug-likeness (QED) is 0.689. The van der Waals surface area contributed by atoms with Crippen LogP contribution in [0, 0.1) is 5.82 Å². The number of fused-ring (bicyclic) bond motifs is 2. The molecule has 8 heteroatoms. The van der Waals surface area contributed by atoms with Gasteiger partial charge in [-0.2, -0.15) is 0 Å². The van der Waals surface area contributed by atoms with Crippen LogP contribution in [-0.2, 0) is 13.1 Å². The van der Waals surface area contributed by atoms with Crippen LogP contribution in [0.4, 0.5) is 4.39 Å². The minimum absolute atomic E-state index is 0.0270. The third-order valence-electron chi connectivity index (χ3n) is 5.97. The number of carboxylic acids is 1. The summed E-state index contributed by atoms with van der Waals surface area (Å²) in [6.45, 7) is 3.56. The number of methoxy groups -OCH3 is 1. The highest BCUT2D eigenvalue weighted by atomic mass is 19.1. The first-order chi connectivity index (χ1) is 14.4. The van der Waals surface area contributed by atoms with E-state index in [1.807, 2.05) is 12.3 Å². The van der Waals surface area contributed by atoms with Gasteiger partial charge in [0.2, 0.25) is 5.43 Å². The van der Waals surface area contributed by atoms with E-state index in [1.54, 1.807) is 4.57 Å². The summed E-state index contributed by atoms with van der Waals surface area (Å²) in [5, 5.41) is 12.9. The van der Waals surface area contributed by atoms with Crippen LogP contribution in [0.15, 0.2) is 29.3 Å². The molecule has 1 aliphatic heterocycles. The molecule has 1 atom stereocenters. The Labute approximate surface area is 171 Å². The summed E-state index contributed by atoms with van der Waals surface area (Å²) in [7, 11) is 1.45. The fourth-order valence-electron chi connectivity index (χ4n) is 4.36. The zero-order valence-electron chi connectivity index (χ0n) is 16.7. The maximum Gasteiger partial charge on any atom is 0.341 e. The first-order valence-corrected chi connectivity index (χ1v) is 10.0. The molecule has 7 nitrogen and oxygen atoms in total. The Balaban J connectivity index is 1.82. The highest BCUT2D eigenvalue weighted by Gasteiger charge is 2.31. The SMILES string of the molecule is COc1c(-c2cc3n(c2)C[C@H](C)NC3)c(F)cc2c(=O)c(C(=O)O)cn(C3CC3)c12. The normalized spacial score (nSPS) is 18.4. The number of hydrogen-bond acceptors (Lipinski definition) is 4. The van der Waals surface area contributed by atoms with E-state index >= 15 is 4.39 Å². The molecule has 0 radical (unpaired) electrons. The summed E-state index contributed by atoms with van der Waals surface area (Å²) in [6, 6.07) is 3.47. The fourth-order valence-corrected chi connectivity index (χ4v) is 4.36. The lowest BCUT2D eigenvalue weighted by atomic mass is 10.0. The van der Waals surface area contributed by atoms with Gasteiger partial charge >= 0.3 is 5.97 Å². The van der Waals surface area contributed by atoms with E-state index in [2.05, 4.69) is 16.8 Å². The second-order valence-electron chi connectivity index (χ2n) is 8.13. The zero-order chi connectivity index (χ0) is 21.2. The summed E-state index contributed by atoms with van der Waals surface area (Å²) in [5.74, 6) is -1.67. The average molecular weight is 411 g/mol. The Morgan fingerprint density at radius 1 is 1.30 bits per heavy atom. The van der Waals surface area contributed by atoms with Crippen molar-refractivity contribution in [2.24, 2.45) is 0 Å². The molecule has 0 spiro atoms. The van der Waals surface area contributed by atoms with Crippen molar-refractivity contribution >= 4 is 16.9 Å². The fraction of sp³-hybridized carbons (Fsp3) is 0.364. The molecule has 1 aromatic carbocycles. The Morgan fingerprint density at radius 3 is 2.73 bits per heavy atom. The maximum absolute atomic E-state index is 15.4. The first-order valence-electron chi connectivity index (χ1n) is 10.0. The van der Waals surface area contributed by atoms with Gasteiger partial charge in [-0.1, -0.05) is 0 Å². The molecule has 3 heterocycles. The van der Waals surface area contributed by atoms with E-state index in [1.165, 1.54) is 13.3 Å². The summed E-state index contributed by atoms with van der Waals surface area (Å²) in [6.07, 6.45) is 5.02. The van der Waals surface area contributed by atoms with Crippen LogP contribution in [0.1, 0.15) is 41.9 Å². The van der Waals surface area contributed by atoms with Crippen LogP contribution >= 0.6 is 0 Å². The van der Waals surface area contributed by atoms with Crippen molar-refractivity contribution in [2.45, 2.75) is 44.9 Å².